The van der Waals surface area contributed by atoms with E-state index in [2.05, 4.69) is 57.7 Å². The fourth-order valence-electron chi connectivity index (χ4n) is 5.94. The van der Waals surface area contributed by atoms with Gasteiger partial charge in [-0.25, -0.2) is 4.52 Å². The summed E-state index contributed by atoms with van der Waals surface area (Å²) in [5.74, 6) is 0. The van der Waals surface area contributed by atoms with Crippen LogP contribution in [0.3, 0.4) is 0 Å². The van der Waals surface area contributed by atoms with Gasteiger partial charge < -0.3 is 4.98 Å². The van der Waals surface area contributed by atoms with Gasteiger partial charge >= 0.3 is 6.18 Å². The Morgan fingerprint density at radius 2 is 1.75 bits per heavy atom. The lowest BCUT2D eigenvalue weighted by Gasteiger charge is -2.27. The van der Waals surface area contributed by atoms with E-state index in [0.29, 0.717) is 25.1 Å². The average molecular weight is 485 g/mol. The molecule has 4 heterocycles. The molecule has 0 bridgehead atoms. The number of alkyl halides is 3. The van der Waals surface area contributed by atoms with Crippen molar-refractivity contribution < 1.29 is 13.2 Å². The minimum absolute atomic E-state index is 0.249. The SMILES string of the molecule is Cc1cccc2c3c4cc[nH]c4ccc3c3c4c(nn3c12)CCN(Cc1ccccc1C(F)(F)F)C4. The number of para-hydroxylation sites is 1. The minimum Gasteiger partial charge on any atom is -0.361 e. The number of benzene rings is 3. The Hall–Kier alpha value is -3.84. The van der Waals surface area contributed by atoms with Crippen molar-refractivity contribution in [2.24, 2.45) is 0 Å². The van der Waals surface area contributed by atoms with Crippen molar-refractivity contribution in [1.29, 1.82) is 0 Å². The molecule has 0 amide bonds. The lowest BCUT2D eigenvalue weighted by atomic mass is 9.96. The Balaban J connectivity index is 1.44. The highest BCUT2D eigenvalue weighted by Crippen LogP contribution is 2.39. The first-order valence-corrected chi connectivity index (χ1v) is 12.1. The summed E-state index contributed by atoms with van der Waals surface area (Å²) in [6.45, 7) is 3.58. The van der Waals surface area contributed by atoms with Crippen molar-refractivity contribution in [1.82, 2.24) is 19.5 Å². The minimum atomic E-state index is -4.36. The third-order valence-corrected chi connectivity index (χ3v) is 7.54. The van der Waals surface area contributed by atoms with Gasteiger partial charge in [-0.15, -0.1) is 0 Å². The van der Waals surface area contributed by atoms with Gasteiger partial charge in [-0.3, -0.25) is 4.90 Å². The molecule has 0 saturated carbocycles. The number of nitrogens with zero attached hydrogens (tertiary/aromatic N) is 3. The predicted octanol–water partition coefficient (Wildman–Crippen LogP) is 7.01. The number of halogens is 3. The van der Waals surface area contributed by atoms with Gasteiger partial charge in [0.25, 0.3) is 0 Å². The molecule has 0 atom stereocenters. The quantitative estimate of drug-likeness (QED) is 0.269. The van der Waals surface area contributed by atoms with Crippen LogP contribution >= 0.6 is 0 Å². The zero-order valence-electron chi connectivity index (χ0n) is 19.7. The predicted molar refractivity (Wildman–Crippen MR) is 136 cm³/mol. The fraction of sp³-hybridized carbons (Fsp3) is 0.207. The van der Waals surface area contributed by atoms with Crippen molar-refractivity contribution in [3.8, 4) is 0 Å². The first-order chi connectivity index (χ1) is 17.4. The molecule has 0 unspecified atom stereocenters. The van der Waals surface area contributed by atoms with Gasteiger partial charge in [-0.05, 0) is 36.2 Å². The molecule has 1 aliphatic heterocycles. The normalized spacial score (nSPS) is 14.9. The average Bonchev–Trinajstić information content (AvgIpc) is 3.48. The molecule has 1 aliphatic rings. The van der Waals surface area contributed by atoms with E-state index < -0.39 is 11.7 Å². The van der Waals surface area contributed by atoms with E-state index in [1.54, 1.807) is 12.1 Å². The molecule has 0 aliphatic carbocycles. The molecule has 7 heteroatoms. The highest BCUT2D eigenvalue weighted by molar-refractivity contribution is 6.23. The van der Waals surface area contributed by atoms with Crippen molar-refractivity contribution in [2.75, 3.05) is 6.54 Å². The number of aryl methyl sites for hydroxylation is 1. The van der Waals surface area contributed by atoms with Crippen LogP contribution < -0.4 is 0 Å². The summed E-state index contributed by atoms with van der Waals surface area (Å²) in [5.41, 5.74) is 6.24. The van der Waals surface area contributed by atoms with E-state index in [-0.39, 0.29) is 6.54 Å². The Kier molecular flexibility index (Phi) is 4.51. The van der Waals surface area contributed by atoms with E-state index >= 15 is 0 Å². The first-order valence-electron chi connectivity index (χ1n) is 12.1. The fourth-order valence-corrected chi connectivity index (χ4v) is 5.94. The lowest BCUT2D eigenvalue weighted by Crippen LogP contribution is -2.30. The van der Waals surface area contributed by atoms with E-state index in [1.165, 1.54) is 17.5 Å². The number of fused-ring (bicyclic) bond motifs is 10. The highest BCUT2D eigenvalue weighted by Gasteiger charge is 2.34. The number of pyridine rings is 1. The lowest BCUT2D eigenvalue weighted by molar-refractivity contribution is -0.138. The van der Waals surface area contributed by atoms with Crippen molar-refractivity contribution in [2.45, 2.75) is 32.6 Å². The van der Waals surface area contributed by atoms with Crippen molar-refractivity contribution in [3.63, 3.8) is 0 Å². The first kappa shape index (κ1) is 21.4. The number of hydrogen-bond acceptors (Lipinski definition) is 2. The van der Waals surface area contributed by atoms with Gasteiger partial charge in [-0.2, -0.15) is 18.3 Å². The maximum Gasteiger partial charge on any atom is 0.416 e. The number of aromatic nitrogens is 3. The van der Waals surface area contributed by atoms with E-state index in [9.17, 15) is 13.2 Å². The maximum atomic E-state index is 13.6. The monoisotopic (exact) mass is 484 g/mol. The summed E-state index contributed by atoms with van der Waals surface area (Å²) in [6, 6.07) is 18.6. The molecule has 0 radical (unpaired) electrons. The molecule has 0 saturated heterocycles. The van der Waals surface area contributed by atoms with Gasteiger partial charge in [0.1, 0.15) is 0 Å². The molecule has 1 N–H and O–H groups in total. The molecule has 0 fully saturated rings. The molecule has 3 aromatic carbocycles. The second kappa shape index (κ2) is 7.58. The summed E-state index contributed by atoms with van der Waals surface area (Å²) in [6.07, 6.45) is -1.70. The molecular formula is C29H23F3N4. The van der Waals surface area contributed by atoms with Crippen LogP contribution in [-0.2, 0) is 25.7 Å². The summed E-state index contributed by atoms with van der Waals surface area (Å²) in [4.78, 5) is 5.43. The van der Waals surface area contributed by atoms with Gasteiger partial charge in [0, 0.05) is 64.9 Å². The van der Waals surface area contributed by atoms with Crippen LogP contribution in [0, 0.1) is 6.92 Å². The molecule has 36 heavy (non-hydrogen) atoms. The van der Waals surface area contributed by atoms with E-state index in [0.717, 1.165) is 49.5 Å². The molecule has 3 aromatic heterocycles. The number of H-pyrrole nitrogens is 1. The van der Waals surface area contributed by atoms with Crippen LogP contribution in [-0.4, -0.2) is 26.0 Å². The molecule has 6 aromatic rings. The zero-order chi connectivity index (χ0) is 24.6. The highest BCUT2D eigenvalue weighted by atomic mass is 19.4. The van der Waals surface area contributed by atoms with Gasteiger partial charge in [-0.1, -0.05) is 42.5 Å². The summed E-state index contributed by atoms with van der Waals surface area (Å²) in [7, 11) is 0. The maximum absolute atomic E-state index is 13.6. The topological polar surface area (TPSA) is 36.3 Å². The second-order valence-electron chi connectivity index (χ2n) is 9.70. The molecule has 0 spiro atoms. The standard InChI is InChI=1S/C29H23F3N4/c1-17-5-4-7-20-26-19-11-13-33-24(19)10-9-21(26)28-22-16-35(14-12-25(22)34-36(28)27(17)20)15-18-6-2-3-8-23(18)29(30,31)32/h2-11,13,33H,12,14-16H2,1H3. The second-order valence-corrected chi connectivity index (χ2v) is 9.70. The number of nitrogens with one attached hydrogen (secondary N) is 1. The Morgan fingerprint density at radius 3 is 2.61 bits per heavy atom. The van der Waals surface area contributed by atoms with Gasteiger partial charge in [0.15, 0.2) is 0 Å². The van der Waals surface area contributed by atoms with Crippen LogP contribution in [0.1, 0.15) is 27.9 Å². The Bertz CT molecular complexity index is 1810. The van der Waals surface area contributed by atoms with Crippen LogP contribution in [0.5, 0.6) is 0 Å². The Morgan fingerprint density at radius 1 is 0.917 bits per heavy atom. The number of rotatable bonds is 2. The largest absolute Gasteiger partial charge is 0.416 e. The van der Waals surface area contributed by atoms with Crippen LogP contribution in [0.4, 0.5) is 13.2 Å². The van der Waals surface area contributed by atoms with Crippen LogP contribution in [0.25, 0.3) is 38.1 Å². The van der Waals surface area contributed by atoms with Crippen molar-refractivity contribution >= 4 is 38.1 Å². The third-order valence-electron chi connectivity index (χ3n) is 7.54. The molecule has 7 rings (SSSR count). The van der Waals surface area contributed by atoms with Crippen LogP contribution in [0.2, 0.25) is 0 Å². The van der Waals surface area contributed by atoms with Gasteiger partial charge in [0.05, 0.1) is 22.3 Å². The number of aromatic amines is 1. The Labute approximate surface area is 204 Å². The third kappa shape index (κ3) is 3.09. The number of hydrogen-bond donors (Lipinski definition) is 1. The smallest absolute Gasteiger partial charge is 0.361 e. The zero-order valence-corrected chi connectivity index (χ0v) is 19.7. The van der Waals surface area contributed by atoms with E-state index in [1.807, 2.05) is 6.20 Å². The van der Waals surface area contributed by atoms with Crippen molar-refractivity contribution in [3.05, 3.63) is 94.8 Å². The molecule has 180 valence electrons. The van der Waals surface area contributed by atoms with Crippen LogP contribution in [0.15, 0.2) is 66.9 Å². The van der Waals surface area contributed by atoms with E-state index in [4.69, 9.17) is 5.10 Å². The summed E-state index contributed by atoms with van der Waals surface area (Å²) in [5, 5.41) is 9.67. The summed E-state index contributed by atoms with van der Waals surface area (Å²) >= 11 is 0. The molecule has 4 nitrogen and oxygen atoms in total. The summed E-state index contributed by atoms with van der Waals surface area (Å²) < 4.78 is 43.0. The molecular weight excluding hydrogens is 461 g/mol. The van der Waals surface area contributed by atoms with Gasteiger partial charge in [0.2, 0.25) is 0 Å².